The minimum atomic E-state index is -0.348. The van der Waals surface area contributed by atoms with E-state index >= 15 is 0 Å². The van der Waals surface area contributed by atoms with Gasteiger partial charge in [0.15, 0.2) is 0 Å². The van der Waals surface area contributed by atoms with Gasteiger partial charge in [0.1, 0.15) is 0 Å². The van der Waals surface area contributed by atoms with Crippen LogP contribution < -0.4 is 10.6 Å². The van der Waals surface area contributed by atoms with E-state index in [1.165, 1.54) is 17.4 Å². The fourth-order valence-corrected chi connectivity index (χ4v) is 5.04. The molecule has 1 aliphatic heterocycles. The number of para-hydroxylation sites is 1. The van der Waals surface area contributed by atoms with E-state index in [-0.39, 0.29) is 23.8 Å². The fourth-order valence-electron chi connectivity index (χ4n) is 4.04. The number of rotatable bonds is 5. The lowest BCUT2D eigenvalue weighted by Crippen LogP contribution is -2.34. The van der Waals surface area contributed by atoms with Crippen molar-refractivity contribution >= 4 is 63.3 Å². The van der Waals surface area contributed by atoms with E-state index in [0.717, 1.165) is 24.8 Å². The third-order valence-electron chi connectivity index (χ3n) is 5.62. The molecule has 0 radical (unpaired) electrons. The maximum atomic E-state index is 13.0. The largest absolute Gasteiger partial charge is 0.341 e. The second kappa shape index (κ2) is 9.76. The molecule has 0 saturated carbocycles. The summed E-state index contributed by atoms with van der Waals surface area (Å²) in [5.74, 6) is -0.289. The number of carbonyl (C=O) groups is 3. The van der Waals surface area contributed by atoms with Crippen molar-refractivity contribution in [2.75, 3.05) is 23.7 Å². The average molecular weight is 486 g/mol. The van der Waals surface area contributed by atoms with Crippen molar-refractivity contribution in [3.8, 4) is 0 Å². The standard InChI is InChI=1S/C23H24ClN5O3S/c1-3-20(31)25-15-11-19(33-13-15)22(32)27-23-26-18-9-6-8-17(24)21(18)29(23)16-7-4-5-10-28(12-16)14(2)30/h3,6,8-9,11,13,16H,1,4-5,7,10,12H2,2H3,(H,25,31)(H,26,27,32)/t16-/m1/s1. The Morgan fingerprint density at radius 3 is 2.85 bits per heavy atom. The van der Waals surface area contributed by atoms with Crippen molar-refractivity contribution < 1.29 is 14.4 Å². The predicted octanol–water partition coefficient (Wildman–Crippen LogP) is 4.70. The Morgan fingerprint density at radius 2 is 2.09 bits per heavy atom. The lowest BCUT2D eigenvalue weighted by Gasteiger charge is -2.26. The highest BCUT2D eigenvalue weighted by molar-refractivity contribution is 7.12. The number of aromatic nitrogens is 2. The number of nitrogens with zero attached hydrogens (tertiary/aromatic N) is 3. The molecule has 0 aliphatic carbocycles. The molecule has 3 heterocycles. The zero-order valence-corrected chi connectivity index (χ0v) is 19.7. The molecule has 0 bridgehead atoms. The Morgan fingerprint density at radius 1 is 1.27 bits per heavy atom. The summed E-state index contributed by atoms with van der Waals surface area (Å²) in [5.41, 5.74) is 1.92. The molecule has 1 saturated heterocycles. The molecule has 4 rings (SSSR count). The number of halogens is 1. The minimum absolute atomic E-state index is 0.0238. The van der Waals surface area contributed by atoms with Crippen LogP contribution in [-0.4, -0.2) is 45.3 Å². The Bertz CT molecular complexity index is 1230. The Labute approximate surface area is 200 Å². The Kier molecular flexibility index (Phi) is 6.80. The number of likely N-dealkylation sites (tertiary alicyclic amines) is 1. The van der Waals surface area contributed by atoms with Gasteiger partial charge in [-0.2, -0.15) is 0 Å². The molecule has 33 heavy (non-hydrogen) atoms. The van der Waals surface area contributed by atoms with Crippen LogP contribution in [0, 0.1) is 0 Å². The van der Waals surface area contributed by atoms with Crippen molar-refractivity contribution in [2.24, 2.45) is 0 Å². The smallest absolute Gasteiger partial charge is 0.268 e. The summed E-state index contributed by atoms with van der Waals surface area (Å²) >= 11 is 7.76. The lowest BCUT2D eigenvalue weighted by atomic mass is 10.1. The van der Waals surface area contributed by atoms with Gasteiger partial charge >= 0.3 is 0 Å². The van der Waals surface area contributed by atoms with E-state index in [9.17, 15) is 14.4 Å². The van der Waals surface area contributed by atoms with Crippen LogP contribution in [0.5, 0.6) is 0 Å². The van der Waals surface area contributed by atoms with Gasteiger partial charge in [0.2, 0.25) is 17.8 Å². The molecule has 8 nitrogen and oxygen atoms in total. The van der Waals surface area contributed by atoms with Gasteiger partial charge in [-0.25, -0.2) is 4.98 Å². The van der Waals surface area contributed by atoms with Crippen LogP contribution in [-0.2, 0) is 9.59 Å². The van der Waals surface area contributed by atoms with Gasteiger partial charge in [-0.1, -0.05) is 24.2 Å². The summed E-state index contributed by atoms with van der Waals surface area (Å²) in [4.78, 5) is 43.6. The number of nitrogens with one attached hydrogen (secondary N) is 2. The van der Waals surface area contributed by atoms with Gasteiger partial charge in [-0.3, -0.25) is 19.7 Å². The van der Waals surface area contributed by atoms with Crippen LogP contribution in [0.25, 0.3) is 11.0 Å². The highest BCUT2D eigenvalue weighted by atomic mass is 35.5. The first-order valence-electron chi connectivity index (χ1n) is 10.6. The normalized spacial score (nSPS) is 16.3. The van der Waals surface area contributed by atoms with Crippen LogP contribution in [0.2, 0.25) is 5.02 Å². The molecule has 1 fully saturated rings. The van der Waals surface area contributed by atoms with Gasteiger partial charge < -0.3 is 14.8 Å². The molecule has 1 aromatic carbocycles. The van der Waals surface area contributed by atoms with Crippen molar-refractivity contribution in [3.05, 3.63) is 52.2 Å². The molecule has 3 amide bonds. The number of thiophene rings is 1. The number of amides is 3. The summed E-state index contributed by atoms with van der Waals surface area (Å²) in [7, 11) is 0. The first kappa shape index (κ1) is 23.0. The number of fused-ring (bicyclic) bond motifs is 1. The fraction of sp³-hybridized carbons (Fsp3) is 0.304. The zero-order valence-electron chi connectivity index (χ0n) is 18.1. The molecule has 3 aromatic rings. The summed E-state index contributed by atoms with van der Waals surface area (Å²) in [5, 5.41) is 7.78. The minimum Gasteiger partial charge on any atom is -0.341 e. The van der Waals surface area contributed by atoms with Gasteiger partial charge in [-0.15, -0.1) is 11.3 Å². The second-order valence-electron chi connectivity index (χ2n) is 7.87. The molecular weight excluding hydrogens is 462 g/mol. The maximum absolute atomic E-state index is 13.0. The summed E-state index contributed by atoms with van der Waals surface area (Å²) in [6.07, 6.45) is 3.87. The number of imidazole rings is 1. The molecule has 0 unspecified atom stereocenters. The predicted molar refractivity (Wildman–Crippen MR) is 131 cm³/mol. The molecule has 1 aliphatic rings. The van der Waals surface area contributed by atoms with Crippen LogP contribution in [0.4, 0.5) is 11.6 Å². The van der Waals surface area contributed by atoms with Gasteiger partial charge in [-0.05, 0) is 43.5 Å². The molecule has 2 aromatic heterocycles. The number of benzene rings is 1. The molecule has 10 heteroatoms. The zero-order chi connectivity index (χ0) is 23.5. The van der Waals surface area contributed by atoms with Crippen LogP contribution >= 0.6 is 22.9 Å². The van der Waals surface area contributed by atoms with Crippen molar-refractivity contribution in [1.82, 2.24) is 14.5 Å². The monoisotopic (exact) mass is 485 g/mol. The average Bonchev–Trinajstić information content (AvgIpc) is 3.31. The number of anilines is 2. The lowest BCUT2D eigenvalue weighted by molar-refractivity contribution is -0.129. The third kappa shape index (κ3) is 4.94. The van der Waals surface area contributed by atoms with Crippen LogP contribution in [0.15, 0.2) is 42.3 Å². The topological polar surface area (TPSA) is 96.3 Å². The quantitative estimate of drug-likeness (QED) is 0.512. The van der Waals surface area contributed by atoms with Crippen molar-refractivity contribution in [2.45, 2.75) is 32.2 Å². The van der Waals surface area contributed by atoms with E-state index in [2.05, 4.69) is 22.2 Å². The van der Waals surface area contributed by atoms with E-state index in [0.29, 0.717) is 40.1 Å². The molecule has 2 N–H and O–H groups in total. The van der Waals surface area contributed by atoms with Crippen molar-refractivity contribution in [1.29, 1.82) is 0 Å². The van der Waals surface area contributed by atoms with Crippen LogP contribution in [0.3, 0.4) is 0 Å². The first-order chi connectivity index (χ1) is 15.9. The van der Waals surface area contributed by atoms with E-state index in [1.807, 2.05) is 21.6 Å². The molecular formula is C23H24ClN5O3S. The highest BCUT2D eigenvalue weighted by Gasteiger charge is 2.27. The van der Waals surface area contributed by atoms with E-state index in [4.69, 9.17) is 11.6 Å². The van der Waals surface area contributed by atoms with Crippen LogP contribution in [0.1, 0.15) is 41.9 Å². The van der Waals surface area contributed by atoms with Gasteiger partial charge in [0.05, 0.1) is 32.7 Å². The van der Waals surface area contributed by atoms with Crippen molar-refractivity contribution in [3.63, 3.8) is 0 Å². The number of carbonyl (C=O) groups excluding carboxylic acids is 3. The second-order valence-corrected chi connectivity index (χ2v) is 9.19. The molecule has 172 valence electrons. The van der Waals surface area contributed by atoms with E-state index in [1.54, 1.807) is 24.4 Å². The SMILES string of the molecule is C=CC(=O)Nc1csc(C(=O)Nc2nc3cccc(Cl)c3n2[C@@H]2CCCCN(C(C)=O)C2)c1. The summed E-state index contributed by atoms with van der Waals surface area (Å²) in [6.45, 7) is 6.23. The Hall–Kier alpha value is -3.17. The van der Waals surface area contributed by atoms with Gasteiger partial charge in [0.25, 0.3) is 5.91 Å². The Balaban J connectivity index is 1.68. The highest BCUT2D eigenvalue weighted by Crippen LogP contribution is 2.34. The molecule has 0 spiro atoms. The molecule has 1 atom stereocenters. The van der Waals surface area contributed by atoms with E-state index < -0.39 is 0 Å². The van der Waals surface area contributed by atoms with Gasteiger partial charge in [0, 0.05) is 25.4 Å². The summed E-state index contributed by atoms with van der Waals surface area (Å²) < 4.78 is 1.95. The maximum Gasteiger partial charge on any atom is 0.268 e. The number of hydrogen-bond acceptors (Lipinski definition) is 5. The third-order valence-corrected chi connectivity index (χ3v) is 6.85. The number of hydrogen-bond donors (Lipinski definition) is 2. The summed E-state index contributed by atoms with van der Waals surface area (Å²) in [6, 6.07) is 6.98. The first-order valence-corrected chi connectivity index (χ1v) is 11.9.